The highest BCUT2D eigenvalue weighted by Crippen LogP contribution is 1.69. The van der Waals surface area contributed by atoms with E-state index < -0.39 is 0 Å². The molecule has 0 fully saturated rings. The lowest BCUT2D eigenvalue weighted by atomic mass is 10.7. The molecular weight excluding hydrogens is 194 g/mol. The van der Waals surface area contributed by atoms with Crippen molar-refractivity contribution in [2.45, 2.75) is 28.7 Å². The van der Waals surface area contributed by atoms with Crippen LogP contribution in [0.2, 0.25) is 0 Å². The molecule has 0 rings (SSSR count). The molecule has 0 atom stereocenters. The minimum atomic E-state index is 0. The maximum atomic E-state index is 10.1. The molecule has 0 aliphatic rings. The average molecular weight is 223 g/mol. The van der Waals surface area contributed by atoms with Crippen LogP contribution in [0.25, 0.3) is 0 Å². The second kappa shape index (κ2) is 23.1. The molecular formula is C10H29N3O2. The molecule has 0 aliphatic carbocycles. The van der Waals surface area contributed by atoms with Crippen LogP contribution >= 0.6 is 0 Å². The van der Waals surface area contributed by atoms with Crippen LogP contribution in [-0.2, 0) is 9.59 Å². The zero-order valence-corrected chi connectivity index (χ0v) is 9.34. The van der Waals surface area contributed by atoms with E-state index >= 15 is 0 Å². The summed E-state index contributed by atoms with van der Waals surface area (Å²) in [6, 6.07) is 0. The topological polar surface area (TPSA) is 75.4 Å². The molecule has 0 aromatic rings. The maximum absolute atomic E-state index is 10.1. The molecule has 0 bridgehead atoms. The predicted octanol–water partition coefficient (Wildman–Crippen LogP) is 0.694. The van der Waals surface area contributed by atoms with Crippen molar-refractivity contribution >= 4 is 11.8 Å². The molecule has 0 aromatic heterocycles. The van der Waals surface area contributed by atoms with Crippen LogP contribution in [-0.4, -0.2) is 44.9 Å². The molecule has 5 nitrogen and oxygen atoms in total. The predicted molar refractivity (Wildman–Crippen MR) is 67.7 cm³/mol. The van der Waals surface area contributed by atoms with Gasteiger partial charge in [0.2, 0.25) is 11.8 Å². The number of carbonyl (C=O) groups is 2. The quantitative estimate of drug-likeness (QED) is 0.634. The van der Waals surface area contributed by atoms with Crippen molar-refractivity contribution in [2.24, 2.45) is 5.73 Å². The van der Waals surface area contributed by atoms with Crippen LogP contribution in [0, 0.1) is 0 Å². The molecule has 0 radical (unpaired) electrons. The summed E-state index contributed by atoms with van der Waals surface area (Å²) in [5, 5.41) is 2.39. The van der Waals surface area contributed by atoms with Gasteiger partial charge in [-0.2, -0.15) is 0 Å². The van der Waals surface area contributed by atoms with E-state index in [1.807, 2.05) is 0 Å². The zero-order valence-electron chi connectivity index (χ0n) is 9.34. The molecule has 0 saturated heterocycles. The highest BCUT2D eigenvalue weighted by molar-refractivity contribution is 5.72. The Morgan fingerprint density at radius 1 is 1.07 bits per heavy atom. The van der Waals surface area contributed by atoms with Gasteiger partial charge in [0.15, 0.2) is 0 Å². The fourth-order valence-electron chi connectivity index (χ4n) is 0. The number of carbonyl (C=O) groups excluding carboxylic acids is 2. The van der Waals surface area contributed by atoms with Gasteiger partial charge in [0, 0.05) is 35.0 Å². The Morgan fingerprint density at radius 2 is 1.20 bits per heavy atom. The van der Waals surface area contributed by atoms with Crippen molar-refractivity contribution in [3.63, 3.8) is 0 Å². The summed E-state index contributed by atoms with van der Waals surface area (Å²) in [5.74, 6) is 0.0972. The van der Waals surface area contributed by atoms with Crippen LogP contribution in [0.1, 0.15) is 28.7 Å². The van der Waals surface area contributed by atoms with Gasteiger partial charge in [-0.05, 0) is 7.05 Å². The summed E-state index contributed by atoms with van der Waals surface area (Å²) in [6.45, 7) is 3.00. The Labute approximate surface area is 95.0 Å². The van der Waals surface area contributed by atoms with Crippen LogP contribution in [0.15, 0.2) is 0 Å². The standard InChI is InChI=1S/C4H9NO.C3H7NO.CH5N.2CH4/c1-4(6)5(2)3;1-3(5)4-2;1-2;;/h1-3H3;1-2H3,(H,4,5);2H2,1H3;2*1H4. The van der Waals surface area contributed by atoms with Gasteiger partial charge in [0.25, 0.3) is 0 Å². The summed E-state index contributed by atoms with van der Waals surface area (Å²) >= 11 is 0. The molecule has 0 aromatic carbocycles. The molecule has 0 saturated carbocycles. The molecule has 5 heteroatoms. The lowest BCUT2D eigenvalue weighted by Crippen LogP contribution is -2.17. The summed E-state index contributed by atoms with van der Waals surface area (Å²) < 4.78 is 0. The second-order valence-corrected chi connectivity index (χ2v) is 2.22. The number of hydrogen-bond donors (Lipinski definition) is 2. The van der Waals surface area contributed by atoms with E-state index in [0.29, 0.717) is 0 Å². The van der Waals surface area contributed by atoms with Crippen molar-refractivity contribution in [1.82, 2.24) is 10.2 Å². The largest absolute Gasteiger partial charge is 0.359 e. The first kappa shape index (κ1) is 29.2. The molecule has 0 aliphatic heterocycles. The number of amides is 2. The van der Waals surface area contributed by atoms with Gasteiger partial charge in [-0.3, -0.25) is 9.59 Å². The molecule has 2 amide bonds. The first-order valence-corrected chi connectivity index (χ1v) is 3.85. The SMILES string of the molecule is C.C.CC(=O)N(C)C.CN.CNC(C)=O. The van der Waals surface area contributed by atoms with Gasteiger partial charge in [-0.15, -0.1) is 0 Å². The van der Waals surface area contributed by atoms with Crippen LogP contribution in [0.3, 0.4) is 0 Å². The van der Waals surface area contributed by atoms with Gasteiger partial charge in [0.1, 0.15) is 0 Å². The molecule has 0 unspecified atom stereocenters. The Kier molecular flexibility index (Phi) is 44.9. The Bertz CT molecular complexity index is 137. The first-order valence-electron chi connectivity index (χ1n) is 3.85. The van der Waals surface area contributed by atoms with E-state index in [0.717, 1.165) is 0 Å². The van der Waals surface area contributed by atoms with Crippen molar-refractivity contribution in [1.29, 1.82) is 0 Å². The van der Waals surface area contributed by atoms with Crippen LogP contribution < -0.4 is 11.1 Å². The van der Waals surface area contributed by atoms with Gasteiger partial charge >= 0.3 is 0 Å². The normalized spacial score (nSPS) is 5.80. The lowest BCUT2D eigenvalue weighted by Gasteiger charge is -2.02. The van der Waals surface area contributed by atoms with Crippen LogP contribution in [0.5, 0.6) is 0 Å². The monoisotopic (exact) mass is 223 g/mol. The number of nitrogens with one attached hydrogen (secondary N) is 1. The number of rotatable bonds is 0. The fourth-order valence-corrected chi connectivity index (χ4v) is 0. The van der Waals surface area contributed by atoms with Gasteiger partial charge in [0.05, 0.1) is 0 Å². The van der Waals surface area contributed by atoms with Gasteiger partial charge in [-0.1, -0.05) is 14.9 Å². The van der Waals surface area contributed by atoms with E-state index in [9.17, 15) is 9.59 Å². The van der Waals surface area contributed by atoms with E-state index in [1.165, 1.54) is 25.8 Å². The van der Waals surface area contributed by atoms with Crippen molar-refractivity contribution in [2.75, 3.05) is 28.2 Å². The summed E-state index contributed by atoms with van der Waals surface area (Å²) in [4.78, 5) is 21.3. The second-order valence-electron chi connectivity index (χ2n) is 2.22. The smallest absolute Gasteiger partial charge is 0.218 e. The summed E-state index contributed by atoms with van der Waals surface area (Å²) in [6.07, 6.45) is 0. The summed E-state index contributed by atoms with van der Waals surface area (Å²) in [5.41, 5.74) is 4.50. The third-order valence-electron chi connectivity index (χ3n) is 0.982. The molecule has 0 spiro atoms. The van der Waals surface area contributed by atoms with Crippen molar-refractivity contribution in [3.8, 4) is 0 Å². The number of nitrogens with two attached hydrogens (primary N) is 1. The molecule has 15 heavy (non-hydrogen) atoms. The lowest BCUT2D eigenvalue weighted by molar-refractivity contribution is -0.126. The van der Waals surface area contributed by atoms with Crippen molar-refractivity contribution < 1.29 is 9.59 Å². The zero-order chi connectivity index (χ0) is 11.4. The van der Waals surface area contributed by atoms with Crippen LogP contribution in [0.4, 0.5) is 0 Å². The minimum Gasteiger partial charge on any atom is -0.359 e. The minimum absolute atomic E-state index is 0. The fraction of sp³-hybridized carbons (Fsp3) is 0.800. The Balaban J connectivity index is -0.0000000344. The molecule has 3 N–H and O–H groups in total. The summed E-state index contributed by atoms with van der Waals surface area (Å²) in [7, 11) is 6.55. The third-order valence-corrected chi connectivity index (χ3v) is 0.982. The molecule has 0 heterocycles. The maximum Gasteiger partial charge on any atom is 0.218 e. The average Bonchev–Trinajstić information content (AvgIpc) is 2.09. The third kappa shape index (κ3) is 63.8. The van der Waals surface area contributed by atoms with E-state index in [2.05, 4.69) is 11.1 Å². The van der Waals surface area contributed by atoms with Gasteiger partial charge in [-0.25, -0.2) is 0 Å². The Morgan fingerprint density at radius 3 is 1.20 bits per heavy atom. The number of hydrogen-bond acceptors (Lipinski definition) is 3. The van der Waals surface area contributed by atoms with E-state index in [-0.39, 0.29) is 26.7 Å². The highest BCUT2D eigenvalue weighted by Gasteiger charge is 1.87. The van der Waals surface area contributed by atoms with Crippen molar-refractivity contribution in [3.05, 3.63) is 0 Å². The highest BCUT2D eigenvalue weighted by atomic mass is 16.2. The first-order chi connectivity index (χ1) is 5.91. The van der Waals surface area contributed by atoms with E-state index in [4.69, 9.17) is 0 Å². The number of nitrogens with zero attached hydrogens (tertiary/aromatic N) is 1. The van der Waals surface area contributed by atoms with Gasteiger partial charge < -0.3 is 16.0 Å². The Hall–Kier alpha value is -1.10. The van der Waals surface area contributed by atoms with E-state index in [1.54, 1.807) is 21.1 Å². The molecule has 96 valence electrons.